The van der Waals surface area contributed by atoms with E-state index >= 15 is 0 Å². The van der Waals surface area contributed by atoms with Gasteiger partial charge in [0.25, 0.3) is 5.92 Å². The van der Waals surface area contributed by atoms with Crippen LogP contribution in [-0.2, 0) is 0 Å². The number of hydrogen-bond acceptors (Lipinski definition) is 2. The molecule has 0 aromatic heterocycles. The van der Waals surface area contributed by atoms with Crippen LogP contribution in [0.25, 0.3) is 0 Å². The van der Waals surface area contributed by atoms with Gasteiger partial charge in [0.15, 0.2) is 0 Å². The van der Waals surface area contributed by atoms with E-state index < -0.39 is 17.4 Å². The maximum absolute atomic E-state index is 13.5. The fourth-order valence-electron chi connectivity index (χ4n) is 2.52. The summed E-state index contributed by atoms with van der Waals surface area (Å²) in [5.41, 5.74) is 4.79. The largest absolute Gasteiger partial charge is 0.316 e. The molecule has 0 radical (unpaired) electrons. The molecular formula is C10H14F2N2. The van der Waals surface area contributed by atoms with Gasteiger partial charge >= 0.3 is 0 Å². The maximum Gasteiger partial charge on any atom is 0.253 e. The minimum Gasteiger partial charge on any atom is -0.316 e. The van der Waals surface area contributed by atoms with Crippen LogP contribution in [0.1, 0.15) is 32.1 Å². The zero-order chi connectivity index (χ0) is 10.4. The second kappa shape index (κ2) is 2.90. The molecule has 0 aromatic rings. The third kappa shape index (κ3) is 1.31. The Hall–Kier alpha value is -0.690. The van der Waals surface area contributed by atoms with Crippen molar-refractivity contribution in [2.24, 2.45) is 17.1 Å². The lowest BCUT2D eigenvalue weighted by molar-refractivity contribution is -0.113. The van der Waals surface area contributed by atoms with E-state index in [0.29, 0.717) is 25.7 Å². The highest BCUT2D eigenvalue weighted by Gasteiger charge is 2.64. The smallest absolute Gasteiger partial charge is 0.253 e. The molecule has 2 rings (SSSR count). The summed E-state index contributed by atoms with van der Waals surface area (Å²) < 4.78 is 26.9. The zero-order valence-corrected chi connectivity index (χ0v) is 7.97. The summed E-state index contributed by atoms with van der Waals surface area (Å²) in [6.45, 7) is 0. The van der Waals surface area contributed by atoms with E-state index in [2.05, 4.69) is 0 Å². The van der Waals surface area contributed by atoms with Crippen LogP contribution in [0.5, 0.6) is 0 Å². The molecule has 1 spiro atoms. The zero-order valence-electron chi connectivity index (χ0n) is 7.97. The fraction of sp³-hybridized carbons (Fsp3) is 0.900. The van der Waals surface area contributed by atoms with Crippen LogP contribution in [0.15, 0.2) is 0 Å². The highest BCUT2D eigenvalue weighted by molar-refractivity contribution is 5.10. The summed E-state index contributed by atoms with van der Waals surface area (Å²) >= 11 is 0. The van der Waals surface area contributed by atoms with E-state index in [0.717, 1.165) is 0 Å². The van der Waals surface area contributed by atoms with Gasteiger partial charge in [0.05, 0.1) is 12.1 Å². The van der Waals surface area contributed by atoms with Gasteiger partial charge < -0.3 is 5.73 Å². The highest BCUT2D eigenvalue weighted by atomic mass is 19.3. The lowest BCUT2D eigenvalue weighted by Gasteiger charge is -2.37. The Morgan fingerprint density at radius 1 is 1.36 bits per heavy atom. The molecule has 14 heavy (non-hydrogen) atoms. The molecule has 0 saturated heterocycles. The lowest BCUT2D eigenvalue weighted by Crippen LogP contribution is -2.42. The first-order valence-corrected chi connectivity index (χ1v) is 5.04. The van der Waals surface area contributed by atoms with Crippen molar-refractivity contribution in [1.82, 2.24) is 0 Å². The maximum atomic E-state index is 13.5. The first kappa shape index (κ1) is 9.85. The lowest BCUT2D eigenvalue weighted by atomic mass is 9.74. The van der Waals surface area contributed by atoms with Crippen LogP contribution in [0.4, 0.5) is 8.78 Å². The molecule has 2 fully saturated rings. The Kier molecular flexibility index (Phi) is 2.04. The summed E-state index contributed by atoms with van der Waals surface area (Å²) in [5, 5.41) is 8.65. The van der Waals surface area contributed by atoms with E-state index in [1.807, 2.05) is 6.07 Å². The molecule has 0 aromatic carbocycles. The Morgan fingerprint density at radius 3 is 2.50 bits per heavy atom. The number of rotatable bonds is 1. The third-order valence-electron chi connectivity index (χ3n) is 3.77. The minimum absolute atomic E-state index is 0.0258. The number of nitriles is 1. The van der Waals surface area contributed by atoms with Gasteiger partial charge in [-0.3, -0.25) is 0 Å². The Balaban J connectivity index is 2.08. The molecule has 0 unspecified atom stereocenters. The second-order valence-corrected chi connectivity index (χ2v) is 4.64. The van der Waals surface area contributed by atoms with Crippen LogP contribution in [0, 0.1) is 22.7 Å². The van der Waals surface area contributed by atoms with Crippen molar-refractivity contribution in [3.63, 3.8) is 0 Å². The fourth-order valence-corrected chi connectivity index (χ4v) is 2.52. The van der Waals surface area contributed by atoms with E-state index in [1.165, 1.54) is 0 Å². The molecule has 2 aliphatic carbocycles. The molecule has 0 aliphatic heterocycles. The van der Waals surface area contributed by atoms with Gasteiger partial charge in [-0.1, -0.05) is 0 Å². The molecular weight excluding hydrogens is 186 g/mol. The van der Waals surface area contributed by atoms with Gasteiger partial charge in [0.2, 0.25) is 0 Å². The Labute approximate surface area is 82.1 Å². The van der Waals surface area contributed by atoms with Crippen LogP contribution >= 0.6 is 0 Å². The van der Waals surface area contributed by atoms with Gasteiger partial charge in [0.1, 0.15) is 0 Å². The molecule has 2 nitrogen and oxygen atoms in total. The van der Waals surface area contributed by atoms with Crippen molar-refractivity contribution in [2.45, 2.75) is 44.1 Å². The first-order valence-electron chi connectivity index (χ1n) is 5.04. The normalized spacial score (nSPS) is 34.9. The number of hydrogen-bond donors (Lipinski definition) is 1. The topological polar surface area (TPSA) is 49.8 Å². The van der Waals surface area contributed by atoms with E-state index in [-0.39, 0.29) is 12.3 Å². The molecule has 78 valence electrons. The SMILES string of the molecule is N#C[C@@H](N)[C@H]1CCC(F)(F)C2(CC2)C1. The standard InChI is InChI=1S/C10H14F2N2/c11-10(12)2-1-7(8(14)6-13)5-9(10)3-4-9/h7-8H,1-5,14H2/t7-,8+/m0/s1. The van der Waals surface area contributed by atoms with Crippen LogP contribution in [-0.4, -0.2) is 12.0 Å². The summed E-state index contributed by atoms with van der Waals surface area (Å²) in [7, 11) is 0. The average molecular weight is 200 g/mol. The van der Waals surface area contributed by atoms with Gasteiger partial charge in [-0.2, -0.15) is 5.26 Å². The van der Waals surface area contributed by atoms with Crippen LogP contribution in [0.3, 0.4) is 0 Å². The summed E-state index contributed by atoms with van der Waals surface area (Å²) in [5.74, 6) is -2.54. The highest BCUT2D eigenvalue weighted by Crippen LogP contribution is 2.65. The van der Waals surface area contributed by atoms with Crippen LogP contribution < -0.4 is 5.73 Å². The van der Waals surface area contributed by atoms with Gasteiger partial charge in [-0.05, 0) is 31.6 Å². The van der Waals surface area contributed by atoms with Crippen LogP contribution in [0.2, 0.25) is 0 Å². The van der Waals surface area contributed by atoms with Gasteiger partial charge in [-0.15, -0.1) is 0 Å². The monoisotopic (exact) mass is 200 g/mol. The molecule has 2 N–H and O–H groups in total. The van der Waals surface area contributed by atoms with E-state index in [9.17, 15) is 8.78 Å². The molecule has 0 bridgehead atoms. The predicted octanol–water partition coefficient (Wildman–Crippen LogP) is 2.05. The molecule has 0 heterocycles. The number of halogens is 2. The molecule has 4 heteroatoms. The third-order valence-corrected chi connectivity index (χ3v) is 3.77. The van der Waals surface area contributed by atoms with Crippen molar-refractivity contribution in [3.8, 4) is 6.07 Å². The summed E-state index contributed by atoms with van der Waals surface area (Å²) in [6.07, 6.45) is 1.95. The van der Waals surface area contributed by atoms with Gasteiger partial charge in [0, 0.05) is 11.8 Å². The second-order valence-electron chi connectivity index (χ2n) is 4.64. The molecule has 2 saturated carbocycles. The Bertz CT molecular complexity index is 278. The van der Waals surface area contributed by atoms with Crippen molar-refractivity contribution in [1.29, 1.82) is 5.26 Å². The van der Waals surface area contributed by atoms with E-state index in [4.69, 9.17) is 11.0 Å². The van der Waals surface area contributed by atoms with Gasteiger partial charge in [-0.25, -0.2) is 8.78 Å². The number of alkyl halides is 2. The summed E-state index contributed by atoms with van der Waals surface area (Å²) in [6, 6.07) is 1.39. The quantitative estimate of drug-likeness (QED) is 0.704. The molecule has 0 amide bonds. The first-order chi connectivity index (χ1) is 6.51. The average Bonchev–Trinajstić information content (AvgIpc) is 2.90. The van der Waals surface area contributed by atoms with Crippen molar-refractivity contribution in [3.05, 3.63) is 0 Å². The summed E-state index contributed by atoms with van der Waals surface area (Å²) in [4.78, 5) is 0. The Morgan fingerprint density at radius 2 is 2.00 bits per heavy atom. The van der Waals surface area contributed by atoms with Crippen molar-refractivity contribution < 1.29 is 8.78 Å². The number of nitrogens with two attached hydrogens (primary N) is 1. The predicted molar refractivity (Wildman–Crippen MR) is 47.5 cm³/mol. The number of nitrogens with zero attached hydrogens (tertiary/aromatic N) is 1. The van der Waals surface area contributed by atoms with E-state index in [1.54, 1.807) is 0 Å². The van der Waals surface area contributed by atoms with Crippen molar-refractivity contribution >= 4 is 0 Å². The molecule has 2 aliphatic rings. The van der Waals surface area contributed by atoms with Crippen molar-refractivity contribution in [2.75, 3.05) is 0 Å². The molecule has 2 atom stereocenters. The minimum atomic E-state index is -2.52.